The van der Waals surface area contributed by atoms with Crippen LogP contribution < -0.4 is 5.32 Å². The second kappa shape index (κ2) is 7.98. The van der Waals surface area contributed by atoms with Gasteiger partial charge in [0.15, 0.2) is 0 Å². The van der Waals surface area contributed by atoms with Crippen molar-refractivity contribution in [2.45, 2.75) is 33.1 Å². The number of halogens is 1. The largest absolute Gasteiger partial charge is 0.507 e. The molecule has 5 rings (SSSR count). The van der Waals surface area contributed by atoms with E-state index in [4.69, 9.17) is 0 Å². The SMILES string of the molecule is Cc1cc(C2(c3cc(C)c(O)c(C)c3)C(=O)Nc3cc(-c4cccc(F)c4)ccc32)cc(C)c1O. The predicted octanol–water partition coefficient (Wildman–Crippen LogP) is 6.42. The third-order valence-corrected chi connectivity index (χ3v) is 7.02. The van der Waals surface area contributed by atoms with Gasteiger partial charge in [0.1, 0.15) is 22.7 Å². The van der Waals surface area contributed by atoms with Gasteiger partial charge in [0.2, 0.25) is 5.91 Å². The molecule has 5 heteroatoms. The van der Waals surface area contributed by atoms with Gasteiger partial charge in [0.25, 0.3) is 0 Å². The number of benzene rings is 4. The number of nitrogens with one attached hydrogen (secondary N) is 1. The van der Waals surface area contributed by atoms with Crippen LogP contribution in [0.3, 0.4) is 0 Å². The Balaban J connectivity index is 1.82. The Hall–Kier alpha value is -4.12. The van der Waals surface area contributed by atoms with E-state index in [1.807, 2.05) is 76.2 Å². The number of anilines is 1. The van der Waals surface area contributed by atoms with E-state index in [-0.39, 0.29) is 23.2 Å². The van der Waals surface area contributed by atoms with E-state index >= 15 is 0 Å². The maximum Gasteiger partial charge on any atom is 0.244 e. The molecule has 0 bridgehead atoms. The van der Waals surface area contributed by atoms with Gasteiger partial charge in [0, 0.05) is 11.3 Å². The lowest BCUT2D eigenvalue weighted by Crippen LogP contribution is -2.37. The average Bonchev–Trinajstić information content (AvgIpc) is 3.12. The minimum absolute atomic E-state index is 0.196. The molecule has 35 heavy (non-hydrogen) atoms. The highest BCUT2D eigenvalue weighted by Gasteiger charge is 2.50. The molecule has 176 valence electrons. The Bertz CT molecular complexity index is 1420. The number of hydrogen-bond acceptors (Lipinski definition) is 3. The summed E-state index contributed by atoms with van der Waals surface area (Å²) in [5.41, 5.74) is 5.85. The number of aromatic hydroxyl groups is 2. The third kappa shape index (κ3) is 3.38. The van der Waals surface area contributed by atoms with Gasteiger partial charge in [-0.3, -0.25) is 4.79 Å². The molecule has 0 aromatic heterocycles. The molecule has 1 heterocycles. The molecule has 0 radical (unpaired) electrons. The molecule has 0 unspecified atom stereocenters. The Kier molecular flexibility index (Phi) is 5.17. The Morgan fingerprint density at radius 1 is 0.714 bits per heavy atom. The minimum Gasteiger partial charge on any atom is -0.507 e. The fourth-order valence-corrected chi connectivity index (χ4v) is 5.25. The van der Waals surface area contributed by atoms with E-state index in [9.17, 15) is 19.4 Å². The van der Waals surface area contributed by atoms with Crippen molar-refractivity contribution in [1.82, 2.24) is 0 Å². The molecule has 1 aliphatic rings. The summed E-state index contributed by atoms with van der Waals surface area (Å²) in [7, 11) is 0. The summed E-state index contributed by atoms with van der Waals surface area (Å²) in [6.45, 7) is 7.25. The van der Waals surface area contributed by atoms with Crippen LogP contribution in [0.4, 0.5) is 10.1 Å². The van der Waals surface area contributed by atoms with E-state index in [2.05, 4.69) is 5.32 Å². The smallest absolute Gasteiger partial charge is 0.244 e. The molecule has 0 spiro atoms. The van der Waals surface area contributed by atoms with E-state index in [1.54, 1.807) is 6.07 Å². The molecule has 1 amide bonds. The van der Waals surface area contributed by atoms with Gasteiger partial charge in [-0.2, -0.15) is 0 Å². The first-order chi connectivity index (χ1) is 16.6. The zero-order chi connectivity index (χ0) is 25.1. The van der Waals surface area contributed by atoms with Crippen LogP contribution in [0.1, 0.15) is 38.9 Å². The van der Waals surface area contributed by atoms with Crippen LogP contribution in [-0.2, 0) is 10.2 Å². The van der Waals surface area contributed by atoms with Crippen LogP contribution in [0.2, 0.25) is 0 Å². The number of phenols is 2. The lowest BCUT2D eigenvalue weighted by atomic mass is 9.68. The van der Waals surface area contributed by atoms with Gasteiger partial charge in [-0.15, -0.1) is 0 Å². The number of aryl methyl sites for hydroxylation is 4. The molecule has 0 saturated carbocycles. The highest BCUT2D eigenvalue weighted by molar-refractivity contribution is 6.12. The second-order valence-corrected chi connectivity index (χ2v) is 9.39. The van der Waals surface area contributed by atoms with Crippen LogP contribution in [0.25, 0.3) is 11.1 Å². The standard InChI is InChI=1S/C30H26FNO3/c1-16-10-22(11-17(2)27(16)33)30(23-12-18(3)28(34)19(4)13-23)25-9-8-21(15-26(25)32-29(30)35)20-6-5-7-24(31)14-20/h5-15,33-34H,1-4H3,(H,32,35). The quantitative estimate of drug-likeness (QED) is 0.325. The van der Waals surface area contributed by atoms with E-state index in [0.717, 1.165) is 22.3 Å². The van der Waals surface area contributed by atoms with Gasteiger partial charge in [-0.25, -0.2) is 4.39 Å². The summed E-state index contributed by atoms with van der Waals surface area (Å²) in [5, 5.41) is 23.9. The lowest BCUT2D eigenvalue weighted by Gasteiger charge is -2.31. The molecule has 0 fully saturated rings. The monoisotopic (exact) mass is 467 g/mol. The zero-order valence-corrected chi connectivity index (χ0v) is 20.0. The Labute approximate surface area is 203 Å². The first-order valence-corrected chi connectivity index (χ1v) is 11.5. The summed E-state index contributed by atoms with van der Waals surface area (Å²) >= 11 is 0. The molecule has 0 atom stereocenters. The molecule has 3 N–H and O–H groups in total. The zero-order valence-electron chi connectivity index (χ0n) is 20.0. The van der Waals surface area contributed by atoms with Crippen molar-refractivity contribution in [3.8, 4) is 22.6 Å². The number of carbonyl (C=O) groups excluding carboxylic acids is 1. The number of rotatable bonds is 3. The summed E-state index contributed by atoms with van der Waals surface area (Å²) in [5.74, 6) is -0.159. The molecule has 4 nitrogen and oxygen atoms in total. The van der Waals surface area contributed by atoms with Crippen LogP contribution in [0.15, 0.2) is 66.7 Å². The van der Waals surface area contributed by atoms with Crippen molar-refractivity contribution in [2.75, 3.05) is 5.32 Å². The maximum absolute atomic E-state index is 14.0. The van der Waals surface area contributed by atoms with Crippen molar-refractivity contribution < 1.29 is 19.4 Å². The van der Waals surface area contributed by atoms with Crippen LogP contribution in [0.5, 0.6) is 11.5 Å². The topological polar surface area (TPSA) is 69.6 Å². The van der Waals surface area contributed by atoms with Gasteiger partial charge in [0.05, 0.1) is 0 Å². The number of phenolic OH excluding ortho intramolecular Hbond substituents is 2. The van der Waals surface area contributed by atoms with Crippen molar-refractivity contribution in [1.29, 1.82) is 0 Å². The minimum atomic E-state index is -1.19. The number of carbonyl (C=O) groups is 1. The van der Waals surface area contributed by atoms with Crippen molar-refractivity contribution in [2.24, 2.45) is 0 Å². The predicted molar refractivity (Wildman–Crippen MR) is 136 cm³/mol. The average molecular weight is 468 g/mol. The van der Waals surface area contributed by atoms with Gasteiger partial charge >= 0.3 is 0 Å². The number of amides is 1. The Morgan fingerprint density at radius 2 is 1.23 bits per heavy atom. The fourth-order valence-electron chi connectivity index (χ4n) is 5.25. The molecule has 4 aromatic carbocycles. The first kappa shape index (κ1) is 22.7. The number of hydrogen-bond donors (Lipinski definition) is 3. The second-order valence-electron chi connectivity index (χ2n) is 9.39. The molecule has 0 saturated heterocycles. The summed E-state index contributed by atoms with van der Waals surface area (Å²) in [6, 6.07) is 19.4. The Morgan fingerprint density at radius 3 is 1.74 bits per heavy atom. The van der Waals surface area contributed by atoms with Gasteiger partial charge < -0.3 is 15.5 Å². The highest BCUT2D eigenvalue weighted by Crippen LogP contribution is 2.50. The number of fused-ring (bicyclic) bond motifs is 1. The summed E-state index contributed by atoms with van der Waals surface area (Å²) < 4.78 is 13.9. The van der Waals surface area contributed by atoms with Crippen LogP contribution >= 0.6 is 0 Å². The van der Waals surface area contributed by atoms with E-state index in [0.29, 0.717) is 33.5 Å². The first-order valence-electron chi connectivity index (χ1n) is 11.5. The summed E-state index contributed by atoms with van der Waals surface area (Å²) in [6.07, 6.45) is 0. The molecular weight excluding hydrogens is 441 g/mol. The molecule has 0 aliphatic carbocycles. The molecule has 4 aromatic rings. The van der Waals surface area contributed by atoms with E-state index < -0.39 is 5.41 Å². The van der Waals surface area contributed by atoms with Gasteiger partial charge in [-0.05, 0) is 90.4 Å². The summed E-state index contributed by atoms with van der Waals surface area (Å²) in [4.78, 5) is 14.0. The van der Waals surface area contributed by atoms with Crippen LogP contribution in [-0.4, -0.2) is 16.1 Å². The van der Waals surface area contributed by atoms with E-state index in [1.165, 1.54) is 12.1 Å². The van der Waals surface area contributed by atoms with Crippen molar-refractivity contribution >= 4 is 11.6 Å². The normalized spacial score (nSPS) is 14.0. The lowest BCUT2D eigenvalue weighted by molar-refractivity contribution is -0.118. The third-order valence-electron chi connectivity index (χ3n) is 7.02. The maximum atomic E-state index is 14.0. The van der Waals surface area contributed by atoms with Crippen molar-refractivity contribution in [3.63, 3.8) is 0 Å². The molecular formula is C30H26FNO3. The van der Waals surface area contributed by atoms with Gasteiger partial charge in [-0.1, -0.05) is 48.5 Å². The molecule has 1 aliphatic heterocycles. The van der Waals surface area contributed by atoms with Crippen molar-refractivity contribution in [3.05, 3.63) is 111 Å². The highest BCUT2D eigenvalue weighted by atomic mass is 19.1. The van der Waals surface area contributed by atoms with Crippen LogP contribution in [0, 0.1) is 33.5 Å². The fraction of sp³-hybridized carbons (Fsp3) is 0.167.